The summed E-state index contributed by atoms with van der Waals surface area (Å²) in [6.45, 7) is 5.49. The van der Waals surface area contributed by atoms with Crippen LogP contribution in [-0.4, -0.2) is 25.6 Å². The molecule has 0 N–H and O–H groups in total. The topological polar surface area (TPSA) is 47.3 Å². The lowest BCUT2D eigenvalue weighted by atomic mass is 10.1. The third-order valence-electron chi connectivity index (χ3n) is 3.52. The summed E-state index contributed by atoms with van der Waals surface area (Å²) in [6, 6.07) is 12.1. The molecule has 3 aromatic rings. The molecule has 0 saturated heterocycles. The molecule has 22 heavy (non-hydrogen) atoms. The highest BCUT2D eigenvalue weighted by Gasteiger charge is 2.16. The van der Waals surface area contributed by atoms with Crippen molar-refractivity contribution in [1.82, 2.24) is 14.6 Å². The Morgan fingerprint density at radius 2 is 2.00 bits per heavy atom. The summed E-state index contributed by atoms with van der Waals surface area (Å²) in [5.74, 6) is 0.156. The van der Waals surface area contributed by atoms with Crippen LogP contribution in [0.25, 0.3) is 16.8 Å². The van der Waals surface area contributed by atoms with Crippen LogP contribution in [0.1, 0.15) is 19.5 Å². The predicted octanol–water partition coefficient (Wildman–Crippen LogP) is 3.77. The van der Waals surface area contributed by atoms with Gasteiger partial charge in [-0.3, -0.25) is 4.79 Å². The fourth-order valence-corrected chi connectivity index (χ4v) is 3.22. The van der Waals surface area contributed by atoms with Gasteiger partial charge in [-0.15, -0.1) is 0 Å². The zero-order valence-corrected chi connectivity index (χ0v) is 13.6. The molecule has 0 aliphatic heterocycles. The number of hydrogen-bond acceptors (Lipinski definition) is 4. The van der Waals surface area contributed by atoms with E-state index in [9.17, 15) is 4.79 Å². The number of aromatic nitrogens is 3. The van der Waals surface area contributed by atoms with E-state index < -0.39 is 0 Å². The molecule has 5 heteroatoms. The first kappa shape index (κ1) is 14.8. The van der Waals surface area contributed by atoms with Crippen molar-refractivity contribution < 1.29 is 4.79 Å². The monoisotopic (exact) mass is 311 g/mol. The Labute approximate surface area is 133 Å². The summed E-state index contributed by atoms with van der Waals surface area (Å²) in [5, 5.41) is 5.31. The van der Waals surface area contributed by atoms with Crippen molar-refractivity contribution in [2.75, 3.05) is 0 Å². The molecule has 0 fully saturated rings. The summed E-state index contributed by atoms with van der Waals surface area (Å²) in [7, 11) is 0. The molecule has 4 nitrogen and oxygen atoms in total. The van der Waals surface area contributed by atoms with Gasteiger partial charge < -0.3 is 0 Å². The number of benzene rings is 1. The van der Waals surface area contributed by atoms with E-state index in [1.165, 1.54) is 11.8 Å². The molecule has 0 bridgehead atoms. The predicted molar refractivity (Wildman–Crippen MR) is 89.2 cm³/mol. The molecule has 0 aliphatic carbocycles. The van der Waals surface area contributed by atoms with Gasteiger partial charge in [0, 0.05) is 11.3 Å². The Morgan fingerprint density at radius 3 is 2.68 bits per heavy atom. The maximum Gasteiger partial charge on any atom is 0.164 e. The van der Waals surface area contributed by atoms with Crippen LogP contribution in [0.3, 0.4) is 0 Å². The largest absolute Gasteiger partial charge is 0.299 e. The molecular formula is C17H17N3OS. The number of fused-ring (bicyclic) bond motifs is 1. The van der Waals surface area contributed by atoms with Crippen molar-refractivity contribution in [3.8, 4) is 11.1 Å². The van der Waals surface area contributed by atoms with Crippen molar-refractivity contribution in [3.63, 3.8) is 0 Å². The molecule has 2 heterocycles. The highest BCUT2D eigenvalue weighted by atomic mass is 32.2. The van der Waals surface area contributed by atoms with Gasteiger partial charge in [0.2, 0.25) is 0 Å². The first-order chi connectivity index (χ1) is 10.6. The number of rotatable bonds is 4. The number of nitrogens with zero attached hydrogens (tertiary/aromatic N) is 3. The van der Waals surface area contributed by atoms with Crippen LogP contribution >= 0.6 is 11.8 Å². The second-order valence-corrected chi connectivity index (χ2v) is 6.63. The quantitative estimate of drug-likeness (QED) is 0.543. The van der Waals surface area contributed by atoms with E-state index in [4.69, 9.17) is 0 Å². The van der Waals surface area contributed by atoms with Crippen molar-refractivity contribution in [1.29, 1.82) is 0 Å². The van der Waals surface area contributed by atoms with Crippen LogP contribution in [0.15, 0.2) is 47.6 Å². The zero-order valence-electron chi connectivity index (χ0n) is 12.8. The molecule has 1 atom stereocenters. The van der Waals surface area contributed by atoms with Crippen LogP contribution in [-0.2, 0) is 4.79 Å². The number of aryl methyl sites for hydroxylation is 1. The van der Waals surface area contributed by atoms with Gasteiger partial charge in [0.05, 0.1) is 11.4 Å². The normalized spacial score (nSPS) is 12.5. The third-order valence-corrected chi connectivity index (χ3v) is 4.74. The first-order valence-electron chi connectivity index (χ1n) is 7.14. The maximum atomic E-state index is 11.5. The van der Waals surface area contributed by atoms with Gasteiger partial charge in [0.1, 0.15) is 10.8 Å². The minimum atomic E-state index is -0.102. The summed E-state index contributed by atoms with van der Waals surface area (Å²) < 4.78 is 1.82. The molecule has 112 valence electrons. The van der Waals surface area contributed by atoms with Gasteiger partial charge in [-0.1, -0.05) is 42.1 Å². The van der Waals surface area contributed by atoms with E-state index in [2.05, 4.69) is 10.1 Å². The minimum absolute atomic E-state index is 0.102. The summed E-state index contributed by atoms with van der Waals surface area (Å²) in [6.07, 6.45) is 1.83. The summed E-state index contributed by atoms with van der Waals surface area (Å²) in [4.78, 5) is 16.2. The average Bonchev–Trinajstić information content (AvgIpc) is 2.91. The number of thioether (sulfide) groups is 1. The lowest BCUT2D eigenvalue weighted by Gasteiger charge is -2.10. The Balaban J connectivity index is 2.13. The fraction of sp³-hybridized carbons (Fsp3) is 0.235. The molecule has 1 aromatic carbocycles. The van der Waals surface area contributed by atoms with Crippen molar-refractivity contribution >= 4 is 23.2 Å². The van der Waals surface area contributed by atoms with Gasteiger partial charge >= 0.3 is 0 Å². The molecule has 0 spiro atoms. The van der Waals surface area contributed by atoms with Crippen LogP contribution in [0.2, 0.25) is 0 Å². The van der Waals surface area contributed by atoms with Crippen molar-refractivity contribution in [2.45, 2.75) is 31.0 Å². The third kappa shape index (κ3) is 2.76. The highest BCUT2D eigenvalue weighted by Crippen LogP contribution is 2.29. The molecule has 2 aromatic heterocycles. The molecule has 0 saturated carbocycles. The van der Waals surface area contributed by atoms with Crippen LogP contribution in [0.5, 0.6) is 0 Å². The zero-order chi connectivity index (χ0) is 15.7. The Bertz CT molecular complexity index is 827. The fourth-order valence-electron chi connectivity index (χ4n) is 2.22. The molecule has 0 aliphatic rings. The number of carbonyl (C=O) groups excluding carboxylic acids is 1. The van der Waals surface area contributed by atoms with E-state index in [0.717, 1.165) is 27.5 Å². The number of Topliss-reactive ketones (excluding diaryl/α,β-unsaturated/α-hetero) is 1. The molecule has 0 amide bonds. The smallest absolute Gasteiger partial charge is 0.164 e. The Kier molecular flexibility index (Phi) is 3.98. The first-order valence-corrected chi connectivity index (χ1v) is 8.02. The molecule has 0 unspecified atom stereocenters. The van der Waals surface area contributed by atoms with Gasteiger partial charge in [-0.05, 0) is 32.4 Å². The van der Waals surface area contributed by atoms with Crippen LogP contribution in [0.4, 0.5) is 0 Å². The standard InChI is InChI=1S/C17H17N3OS/c1-11-9-16(22-13(3)12(2)21)20-17(19-11)15(10-18-20)14-7-5-4-6-8-14/h4-10,13H,1-3H3/t13-/m0/s1. The van der Waals surface area contributed by atoms with Gasteiger partial charge in [-0.2, -0.15) is 5.10 Å². The van der Waals surface area contributed by atoms with Gasteiger partial charge in [0.15, 0.2) is 5.65 Å². The molecule has 3 rings (SSSR count). The van der Waals surface area contributed by atoms with Gasteiger partial charge in [0.25, 0.3) is 0 Å². The van der Waals surface area contributed by atoms with Gasteiger partial charge in [-0.25, -0.2) is 9.50 Å². The highest BCUT2D eigenvalue weighted by molar-refractivity contribution is 8.00. The molecule has 0 radical (unpaired) electrons. The van der Waals surface area contributed by atoms with E-state index in [0.29, 0.717) is 0 Å². The van der Waals surface area contributed by atoms with E-state index in [1.54, 1.807) is 6.92 Å². The lowest BCUT2D eigenvalue weighted by Crippen LogP contribution is -2.09. The summed E-state index contributed by atoms with van der Waals surface area (Å²) in [5.41, 5.74) is 3.83. The second kappa shape index (κ2) is 5.93. The Hall–Kier alpha value is -2.14. The van der Waals surface area contributed by atoms with E-state index in [-0.39, 0.29) is 11.0 Å². The number of ketones is 1. The van der Waals surface area contributed by atoms with Crippen LogP contribution < -0.4 is 0 Å². The summed E-state index contributed by atoms with van der Waals surface area (Å²) >= 11 is 1.51. The lowest BCUT2D eigenvalue weighted by molar-refractivity contribution is -0.116. The van der Waals surface area contributed by atoms with Crippen molar-refractivity contribution in [3.05, 3.63) is 48.3 Å². The SMILES string of the molecule is CC(=O)[C@H](C)Sc1cc(C)nc2c(-c3ccccc3)cnn12. The van der Waals surface area contributed by atoms with Crippen LogP contribution in [0, 0.1) is 6.92 Å². The number of carbonyl (C=O) groups is 1. The maximum absolute atomic E-state index is 11.5. The average molecular weight is 311 g/mol. The van der Waals surface area contributed by atoms with E-state index in [1.807, 2.05) is 61.0 Å². The minimum Gasteiger partial charge on any atom is -0.299 e. The van der Waals surface area contributed by atoms with E-state index >= 15 is 0 Å². The number of hydrogen-bond donors (Lipinski definition) is 0. The molecular weight excluding hydrogens is 294 g/mol. The second-order valence-electron chi connectivity index (χ2n) is 5.27. The van der Waals surface area contributed by atoms with Crippen molar-refractivity contribution in [2.24, 2.45) is 0 Å². The Morgan fingerprint density at radius 1 is 1.27 bits per heavy atom.